The molecule has 0 bridgehead atoms. The van der Waals surface area contributed by atoms with E-state index < -0.39 is 11.0 Å². The summed E-state index contributed by atoms with van der Waals surface area (Å²) >= 11 is 0. The largest absolute Gasteiger partial charge is 0.444 e. The van der Waals surface area contributed by atoms with Crippen LogP contribution in [0.2, 0.25) is 0 Å². The van der Waals surface area contributed by atoms with Gasteiger partial charge in [0.05, 0.1) is 5.41 Å². The minimum absolute atomic E-state index is 0.0134. The van der Waals surface area contributed by atoms with Crippen molar-refractivity contribution in [1.82, 2.24) is 9.88 Å². The number of nitrogens with one attached hydrogen (secondary N) is 2. The molecule has 1 aliphatic heterocycles. The molecule has 5 rings (SSSR count). The maximum Gasteiger partial charge on any atom is 0.410 e. The Kier molecular flexibility index (Phi) is 7.36. The summed E-state index contributed by atoms with van der Waals surface area (Å²) in [5.41, 5.74) is 4.86. The van der Waals surface area contributed by atoms with Crippen LogP contribution >= 0.6 is 0 Å². The zero-order chi connectivity index (χ0) is 28.5. The lowest BCUT2D eigenvalue weighted by atomic mass is 9.79. The number of pyridine rings is 1. The van der Waals surface area contributed by atoms with Gasteiger partial charge < -0.3 is 20.3 Å². The number of carbonyl (C=O) groups excluding carboxylic acids is 3. The molecule has 3 aromatic rings. The van der Waals surface area contributed by atoms with E-state index in [1.54, 1.807) is 18.1 Å². The Morgan fingerprint density at radius 2 is 1.80 bits per heavy atom. The van der Waals surface area contributed by atoms with E-state index >= 15 is 0 Å². The SMILES string of the molecule is CN(Cc1ccccc1CCCC(=O)Nc1ccc2c(c1)CC1(C2)C(=O)Nc2ncccc21)C(=O)OC(C)(C)C. The number of benzene rings is 2. The predicted molar refractivity (Wildman–Crippen MR) is 154 cm³/mol. The van der Waals surface area contributed by atoms with E-state index in [-0.39, 0.29) is 17.9 Å². The molecule has 0 fully saturated rings. The number of aromatic nitrogens is 1. The monoisotopic (exact) mass is 540 g/mol. The molecule has 2 N–H and O–H groups in total. The lowest BCUT2D eigenvalue weighted by Crippen LogP contribution is -2.35. The summed E-state index contributed by atoms with van der Waals surface area (Å²) in [6, 6.07) is 17.7. The Morgan fingerprint density at radius 1 is 1.05 bits per heavy atom. The number of aryl methyl sites for hydroxylation is 1. The summed E-state index contributed by atoms with van der Waals surface area (Å²) in [6.45, 7) is 5.98. The van der Waals surface area contributed by atoms with Gasteiger partial charge in [-0.2, -0.15) is 0 Å². The molecule has 1 aromatic heterocycles. The van der Waals surface area contributed by atoms with Crippen LogP contribution in [0.1, 0.15) is 61.4 Å². The number of rotatable bonds is 7. The molecule has 40 heavy (non-hydrogen) atoms. The number of carbonyl (C=O) groups is 3. The van der Waals surface area contributed by atoms with Crippen LogP contribution in [0.25, 0.3) is 0 Å². The number of amides is 3. The van der Waals surface area contributed by atoms with E-state index in [2.05, 4.69) is 15.6 Å². The van der Waals surface area contributed by atoms with Gasteiger partial charge in [-0.3, -0.25) is 9.59 Å². The second-order valence-corrected chi connectivity index (χ2v) is 11.8. The highest BCUT2D eigenvalue weighted by molar-refractivity contribution is 6.06. The second kappa shape index (κ2) is 10.8. The van der Waals surface area contributed by atoms with Crippen LogP contribution in [0.4, 0.5) is 16.3 Å². The molecule has 2 aliphatic rings. The minimum atomic E-state index is -0.625. The van der Waals surface area contributed by atoms with E-state index in [0.29, 0.717) is 38.0 Å². The fraction of sp³-hybridized carbons (Fsp3) is 0.375. The Labute approximate surface area is 235 Å². The first-order valence-electron chi connectivity index (χ1n) is 13.7. The maximum absolute atomic E-state index is 12.9. The van der Waals surface area contributed by atoms with Crippen LogP contribution < -0.4 is 10.6 Å². The van der Waals surface area contributed by atoms with Crippen molar-refractivity contribution in [2.75, 3.05) is 17.7 Å². The van der Waals surface area contributed by atoms with Gasteiger partial charge in [0, 0.05) is 37.5 Å². The van der Waals surface area contributed by atoms with Gasteiger partial charge in [0.15, 0.2) is 0 Å². The van der Waals surface area contributed by atoms with Crippen LogP contribution in [0, 0.1) is 0 Å². The Bertz CT molecular complexity index is 1460. The molecular formula is C32H36N4O4. The van der Waals surface area contributed by atoms with Gasteiger partial charge in [0.25, 0.3) is 0 Å². The number of ether oxygens (including phenoxy) is 1. The van der Waals surface area contributed by atoms with Crippen molar-refractivity contribution in [3.05, 3.63) is 88.6 Å². The van der Waals surface area contributed by atoms with Crippen molar-refractivity contribution in [3.63, 3.8) is 0 Å². The van der Waals surface area contributed by atoms with E-state index in [1.165, 1.54) is 0 Å². The third kappa shape index (κ3) is 5.71. The Balaban J connectivity index is 1.16. The van der Waals surface area contributed by atoms with E-state index in [4.69, 9.17) is 4.74 Å². The molecular weight excluding hydrogens is 504 g/mol. The first-order valence-corrected chi connectivity index (χ1v) is 13.7. The van der Waals surface area contributed by atoms with Crippen LogP contribution in [-0.4, -0.2) is 40.4 Å². The zero-order valence-corrected chi connectivity index (χ0v) is 23.5. The van der Waals surface area contributed by atoms with Gasteiger partial charge in [-0.25, -0.2) is 9.78 Å². The molecule has 3 amide bonds. The molecule has 1 aliphatic carbocycles. The summed E-state index contributed by atoms with van der Waals surface area (Å²) in [5.74, 6) is 0.580. The minimum Gasteiger partial charge on any atom is -0.444 e. The standard InChI is InChI=1S/C32H36N4O4/c1-31(2,3)40-30(39)36(4)20-23-10-6-5-9-21(23)11-7-13-27(37)34-25-15-14-22-18-32(19-24(22)17-25)26-12-8-16-33-28(26)35-29(32)38/h5-6,8-10,12,14-17H,7,11,13,18-20H2,1-4H3,(H,34,37)(H,33,35,38). The summed E-state index contributed by atoms with van der Waals surface area (Å²) in [7, 11) is 1.73. The Morgan fingerprint density at radius 3 is 2.58 bits per heavy atom. The number of fused-ring (bicyclic) bond motifs is 3. The van der Waals surface area contributed by atoms with Crippen molar-refractivity contribution in [2.24, 2.45) is 0 Å². The molecule has 0 radical (unpaired) electrons. The molecule has 8 heteroatoms. The number of nitrogens with zero attached hydrogens (tertiary/aromatic N) is 2. The van der Waals surface area contributed by atoms with E-state index in [9.17, 15) is 14.4 Å². The van der Waals surface area contributed by atoms with Crippen LogP contribution in [0.5, 0.6) is 0 Å². The third-order valence-corrected chi connectivity index (χ3v) is 7.55. The van der Waals surface area contributed by atoms with Crippen LogP contribution in [0.15, 0.2) is 60.8 Å². The van der Waals surface area contributed by atoms with Crippen molar-refractivity contribution >= 4 is 29.4 Å². The maximum atomic E-state index is 12.9. The topological polar surface area (TPSA) is 101 Å². The normalized spacial score (nSPS) is 17.2. The van der Waals surface area contributed by atoms with E-state index in [0.717, 1.165) is 39.9 Å². The van der Waals surface area contributed by atoms with Gasteiger partial charge >= 0.3 is 6.09 Å². The van der Waals surface area contributed by atoms with Crippen LogP contribution in [0.3, 0.4) is 0 Å². The zero-order valence-electron chi connectivity index (χ0n) is 23.5. The van der Waals surface area contributed by atoms with Crippen LogP contribution in [-0.2, 0) is 45.5 Å². The third-order valence-electron chi connectivity index (χ3n) is 7.55. The summed E-state index contributed by atoms with van der Waals surface area (Å²) in [6.07, 6.45) is 4.32. The lowest BCUT2D eigenvalue weighted by Gasteiger charge is -2.25. The highest BCUT2D eigenvalue weighted by atomic mass is 16.6. The molecule has 1 unspecified atom stereocenters. The number of anilines is 2. The quantitative estimate of drug-likeness (QED) is 0.418. The Hall–Kier alpha value is -4.20. The predicted octanol–water partition coefficient (Wildman–Crippen LogP) is 5.40. The van der Waals surface area contributed by atoms with Crippen molar-refractivity contribution in [3.8, 4) is 0 Å². The molecule has 8 nitrogen and oxygen atoms in total. The van der Waals surface area contributed by atoms with Crippen molar-refractivity contribution in [2.45, 2.75) is 70.4 Å². The first kappa shape index (κ1) is 27.4. The van der Waals surface area contributed by atoms with Crippen molar-refractivity contribution in [1.29, 1.82) is 0 Å². The smallest absolute Gasteiger partial charge is 0.410 e. The fourth-order valence-corrected chi connectivity index (χ4v) is 5.62. The summed E-state index contributed by atoms with van der Waals surface area (Å²) in [5, 5.41) is 5.96. The number of hydrogen-bond acceptors (Lipinski definition) is 5. The molecule has 0 saturated heterocycles. The second-order valence-electron chi connectivity index (χ2n) is 11.8. The van der Waals surface area contributed by atoms with Gasteiger partial charge in [0.2, 0.25) is 11.8 Å². The fourth-order valence-electron chi connectivity index (χ4n) is 5.62. The molecule has 1 atom stereocenters. The molecule has 1 spiro atoms. The van der Waals surface area contributed by atoms with Gasteiger partial charge in [-0.15, -0.1) is 0 Å². The highest BCUT2D eigenvalue weighted by Crippen LogP contribution is 2.46. The average Bonchev–Trinajstić information content (AvgIpc) is 3.41. The molecule has 2 aromatic carbocycles. The first-order chi connectivity index (χ1) is 19.0. The highest BCUT2D eigenvalue weighted by Gasteiger charge is 2.51. The average molecular weight is 541 g/mol. The van der Waals surface area contributed by atoms with E-state index in [1.807, 2.05) is 75.4 Å². The molecule has 2 heterocycles. The van der Waals surface area contributed by atoms with Gasteiger partial charge in [-0.1, -0.05) is 36.4 Å². The van der Waals surface area contributed by atoms with Gasteiger partial charge in [0.1, 0.15) is 11.4 Å². The molecule has 208 valence electrons. The molecule has 0 saturated carbocycles. The lowest BCUT2D eigenvalue weighted by molar-refractivity contribution is -0.120. The van der Waals surface area contributed by atoms with Gasteiger partial charge in [-0.05, 0) is 86.9 Å². The van der Waals surface area contributed by atoms with Crippen molar-refractivity contribution < 1.29 is 19.1 Å². The number of hydrogen-bond donors (Lipinski definition) is 2. The summed E-state index contributed by atoms with van der Waals surface area (Å²) < 4.78 is 5.47. The summed E-state index contributed by atoms with van der Waals surface area (Å²) in [4.78, 5) is 44.0.